The highest BCUT2D eigenvalue weighted by atomic mass is 19.4. The number of rotatable bonds is 8. The molecule has 0 aromatic heterocycles. The van der Waals surface area contributed by atoms with E-state index in [-0.39, 0.29) is 11.9 Å². The van der Waals surface area contributed by atoms with Crippen molar-refractivity contribution in [2.75, 3.05) is 13.6 Å². The summed E-state index contributed by atoms with van der Waals surface area (Å²) < 4.78 is 43.1. The van der Waals surface area contributed by atoms with Crippen molar-refractivity contribution in [1.29, 1.82) is 0 Å². The minimum atomic E-state index is -4.25. The molecule has 1 aromatic rings. The van der Waals surface area contributed by atoms with Crippen LogP contribution in [-0.4, -0.2) is 19.8 Å². The molecule has 2 unspecified atom stereocenters. The average molecular weight is 343 g/mol. The predicted octanol–water partition coefficient (Wildman–Crippen LogP) is 5.65. The Hall–Kier alpha value is -1.75. The Morgan fingerprint density at radius 1 is 1.25 bits per heavy atom. The van der Waals surface area contributed by atoms with Gasteiger partial charge in [-0.15, -0.1) is 0 Å². The number of hydrogen-bond donors (Lipinski definition) is 1. The highest BCUT2D eigenvalue weighted by Gasteiger charge is 2.33. The van der Waals surface area contributed by atoms with Crippen LogP contribution in [0.3, 0.4) is 0 Å². The summed E-state index contributed by atoms with van der Waals surface area (Å²) in [5.74, 6) is -1.30. The summed E-state index contributed by atoms with van der Waals surface area (Å²) in [4.78, 5) is 0. The van der Waals surface area contributed by atoms with Crippen molar-refractivity contribution in [3.63, 3.8) is 0 Å². The van der Waals surface area contributed by atoms with Crippen LogP contribution in [0.5, 0.6) is 0 Å². The van der Waals surface area contributed by atoms with E-state index in [1.54, 1.807) is 0 Å². The zero-order valence-electron chi connectivity index (χ0n) is 14.9. The molecular weight excluding hydrogens is 315 g/mol. The quantitative estimate of drug-likeness (QED) is 0.486. The van der Waals surface area contributed by atoms with Crippen LogP contribution in [0.4, 0.5) is 13.2 Å². The molecule has 0 saturated heterocycles. The topological polar surface area (TPSA) is 21.3 Å². The van der Waals surface area contributed by atoms with Gasteiger partial charge >= 0.3 is 6.18 Å². The number of nitrogens with one attached hydrogen (secondary N) is 1. The number of hydrogen-bond acceptors (Lipinski definition) is 2. The maximum atomic E-state index is 12.5. The third-order valence-corrected chi connectivity index (χ3v) is 3.21. The Labute approximate surface area is 143 Å². The van der Waals surface area contributed by atoms with E-state index in [1.807, 2.05) is 51.2 Å². The molecule has 24 heavy (non-hydrogen) atoms. The van der Waals surface area contributed by atoms with Crippen LogP contribution in [0.2, 0.25) is 0 Å². The summed E-state index contributed by atoms with van der Waals surface area (Å²) in [7, 11) is 1.84. The molecule has 0 aliphatic rings. The zero-order valence-corrected chi connectivity index (χ0v) is 14.9. The van der Waals surface area contributed by atoms with Crippen LogP contribution in [0, 0.1) is 5.92 Å². The van der Waals surface area contributed by atoms with E-state index < -0.39 is 12.1 Å². The molecule has 0 aliphatic heterocycles. The number of allylic oxidation sites excluding steroid dienone is 2. The van der Waals surface area contributed by atoms with Gasteiger partial charge in [0.1, 0.15) is 11.9 Å². The van der Waals surface area contributed by atoms with E-state index >= 15 is 0 Å². The Kier molecular flexibility index (Phi) is 10.9. The molecule has 0 heterocycles. The average Bonchev–Trinajstić information content (AvgIpc) is 2.58. The van der Waals surface area contributed by atoms with Gasteiger partial charge in [0.05, 0.1) is 5.92 Å². The van der Waals surface area contributed by atoms with Crippen LogP contribution < -0.4 is 5.32 Å². The van der Waals surface area contributed by atoms with Crippen LogP contribution >= 0.6 is 0 Å². The maximum Gasteiger partial charge on any atom is 0.394 e. The summed E-state index contributed by atoms with van der Waals surface area (Å²) in [5.41, 5.74) is 0.969. The fourth-order valence-corrected chi connectivity index (χ4v) is 1.82. The molecule has 0 radical (unpaired) electrons. The number of alkyl halides is 3. The predicted molar refractivity (Wildman–Crippen MR) is 93.7 cm³/mol. The lowest BCUT2D eigenvalue weighted by atomic mass is 10.1. The van der Waals surface area contributed by atoms with Crippen molar-refractivity contribution in [3.05, 3.63) is 60.4 Å². The Morgan fingerprint density at radius 2 is 1.83 bits per heavy atom. The lowest BCUT2D eigenvalue weighted by molar-refractivity contribution is -0.156. The van der Waals surface area contributed by atoms with Gasteiger partial charge in [0.2, 0.25) is 0 Å². The highest BCUT2D eigenvalue weighted by Crippen LogP contribution is 2.28. The molecule has 0 fully saturated rings. The third-order valence-electron chi connectivity index (χ3n) is 3.21. The molecule has 0 amide bonds. The summed E-state index contributed by atoms with van der Waals surface area (Å²) in [6.45, 7) is 9.51. The first-order valence-corrected chi connectivity index (χ1v) is 8.14. The molecular formula is C19H28F3NO. The first-order valence-electron chi connectivity index (χ1n) is 8.14. The van der Waals surface area contributed by atoms with Crippen LogP contribution in [-0.2, 0) is 4.74 Å². The lowest BCUT2D eigenvalue weighted by Gasteiger charge is -2.20. The van der Waals surface area contributed by atoms with Gasteiger partial charge in [0, 0.05) is 6.42 Å². The maximum absolute atomic E-state index is 12.5. The van der Waals surface area contributed by atoms with E-state index in [4.69, 9.17) is 4.74 Å². The van der Waals surface area contributed by atoms with Crippen molar-refractivity contribution < 1.29 is 17.9 Å². The van der Waals surface area contributed by atoms with Crippen LogP contribution in [0.25, 0.3) is 0 Å². The SMILES string of the molecule is C=C(/C=C\C(C)C(F)(F)F)OC(CCNC)c1ccccc1.CC. The van der Waals surface area contributed by atoms with E-state index in [0.29, 0.717) is 6.42 Å². The molecule has 1 N–H and O–H groups in total. The smallest absolute Gasteiger partial charge is 0.394 e. The number of halogens is 3. The first kappa shape index (κ1) is 22.2. The second kappa shape index (κ2) is 11.7. The third kappa shape index (κ3) is 8.77. The van der Waals surface area contributed by atoms with Gasteiger partial charge < -0.3 is 10.1 Å². The summed E-state index contributed by atoms with van der Waals surface area (Å²) in [5, 5.41) is 3.03. The molecule has 0 spiro atoms. The van der Waals surface area contributed by atoms with Crippen molar-refractivity contribution in [3.8, 4) is 0 Å². The van der Waals surface area contributed by atoms with Gasteiger partial charge in [0.25, 0.3) is 0 Å². The Morgan fingerprint density at radius 3 is 2.33 bits per heavy atom. The molecule has 1 rings (SSSR count). The molecule has 1 aromatic carbocycles. The fourth-order valence-electron chi connectivity index (χ4n) is 1.82. The van der Waals surface area contributed by atoms with E-state index in [9.17, 15) is 13.2 Å². The van der Waals surface area contributed by atoms with Gasteiger partial charge in [-0.1, -0.05) is 63.8 Å². The van der Waals surface area contributed by atoms with Crippen molar-refractivity contribution in [2.45, 2.75) is 39.5 Å². The minimum absolute atomic E-state index is 0.223. The van der Waals surface area contributed by atoms with Crippen LogP contribution in [0.15, 0.2) is 54.8 Å². The summed E-state index contributed by atoms with van der Waals surface area (Å²) in [6, 6.07) is 9.55. The van der Waals surface area contributed by atoms with E-state index in [0.717, 1.165) is 25.1 Å². The van der Waals surface area contributed by atoms with Crippen molar-refractivity contribution in [2.24, 2.45) is 5.92 Å². The number of ether oxygens (including phenoxy) is 1. The van der Waals surface area contributed by atoms with Gasteiger partial charge in [-0.2, -0.15) is 13.2 Å². The van der Waals surface area contributed by atoms with Crippen molar-refractivity contribution >= 4 is 0 Å². The molecule has 0 bridgehead atoms. The summed E-state index contributed by atoms with van der Waals surface area (Å²) in [6.07, 6.45) is -1.45. The second-order valence-corrected chi connectivity index (χ2v) is 5.07. The number of benzene rings is 1. The largest absolute Gasteiger partial charge is 0.486 e. The molecule has 0 saturated carbocycles. The van der Waals surface area contributed by atoms with E-state index in [1.165, 1.54) is 6.08 Å². The minimum Gasteiger partial charge on any atom is -0.486 e. The molecule has 0 aliphatic carbocycles. The van der Waals surface area contributed by atoms with Gasteiger partial charge in [-0.3, -0.25) is 0 Å². The molecule has 2 nitrogen and oxygen atoms in total. The van der Waals surface area contributed by atoms with E-state index in [2.05, 4.69) is 11.9 Å². The first-order chi connectivity index (χ1) is 11.3. The zero-order chi connectivity index (χ0) is 18.6. The highest BCUT2D eigenvalue weighted by molar-refractivity contribution is 5.19. The standard InChI is InChI=1S/C17H22F3NO.C2H6/c1-13(17(18,19)20)9-10-14(2)22-16(11-12-21-3)15-7-5-4-6-8-15;1-2/h4-10,13,16,21H,2,11-12H2,1,3H3;1-2H3/b10-9-;. The van der Waals surface area contributed by atoms with Crippen molar-refractivity contribution in [1.82, 2.24) is 5.32 Å². The Bertz CT molecular complexity index is 483. The Balaban J connectivity index is 0.00000254. The normalized spacial score (nSPS) is 13.8. The molecule has 5 heteroatoms. The fraction of sp³-hybridized carbons (Fsp3) is 0.474. The van der Waals surface area contributed by atoms with Gasteiger partial charge in [-0.25, -0.2) is 0 Å². The molecule has 2 atom stereocenters. The monoisotopic (exact) mass is 343 g/mol. The second-order valence-electron chi connectivity index (χ2n) is 5.07. The lowest BCUT2D eigenvalue weighted by Crippen LogP contribution is -2.17. The summed E-state index contributed by atoms with van der Waals surface area (Å²) >= 11 is 0. The van der Waals surface area contributed by atoms with Crippen LogP contribution in [0.1, 0.15) is 38.9 Å². The molecule has 136 valence electrons. The van der Waals surface area contributed by atoms with Gasteiger partial charge in [-0.05, 0) is 25.2 Å². The van der Waals surface area contributed by atoms with Gasteiger partial charge in [0.15, 0.2) is 0 Å².